The molecule has 1 amide bonds. The zero-order chi connectivity index (χ0) is 18.4. The van der Waals surface area contributed by atoms with E-state index in [0.29, 0.717) is 28.7 Å². The fourth-order valence-electron chi connectivity index (χ4n) is 3.00. The van der Waals surface area contributed by atoms with Crippen molar-refractivity contribution in [3.8, 4) is 11.5 Å². The molecule has 0 spiro atoms. The molecule has 1 aliphatic heterocycles. The number of nitrogens with one attached hydrogen (secondary N) is 1. The van der Waals surface area contributed by atoms with Crippen molar-refractivity contribution in [2.24, 2.45) is 0 Å². The monoisotopic (exact) mass is 356 g/mol. The first-order chi connectivity index (χ1) is 12.7. The Bertz CT molecular complexity index is 741. The fourth-order valence-corrected chi connectivity index (χ4v) is 3.00. The van der Waals surface area contributed by atoms with Gasteiger partial charge < -0.3 is 19.7 Å². The maximum atomic E-state index is 12.6. The van der Waals surface area contributed by atoms with E-state index in [-0.39, 0.29) is 5.91 Å². The third-order valence-electron chi connectivity index (χ3n) is 4.45. The first kappa shape index (κ1) is 18.0. The second kappa shape index (κ2) is 8.51. The highest BCUT2D eigenvalue weighted by molar-refractivity contribution is 5.92. The van der Waals surface area contributed by atoms with Gasteiger partial charge in [-0.3, -0.25) is 4.79 Å². The number of amides is 1. The lowest BCUT2D eigenvalue weighted by Gasteiger charge is -2.19. The number of nitrogens with zero attached hydrogens (tertiary/aromatic N) is 3. The van der Waals surface area contributed by atoms with Gasteiger partial charge in [0.15, 0.2) is 11.5 Å². The molecule has 0 unspecified atom stereocenters. The van der Waals surface area contributed by atoms with Crippen LogP contribution in [0.25, 0.3) is 0 Å². The van der Waals surface area contributed by atoms with Gasteiger partial charge in [0.25, 0.3) is 5.91 Å². The molecule has 2 aromatic rings. The summed E-state index contributed by atoms with van der Waals surface area (Å²) in [6, 6.07) is 8.90. The number of carbonyl (C=O) groups excluding carboxylic acids is 1. The molecule has 7 nitrogen and oxygen atoms in total. The Hall–Kier alpha value is -2.83. The predicted octanol–water partition coefficient (Wildman–Crippen LogP) is 3.25. The molecule has 0 saturated carbocycles. The molecule has 26 heavy (non-hydrogen) atoms. The summed E-state index contributed by atoms with van der Waals surface area (Å²) in [5.41, 5.74) is 1.09. The number of rotatable bonds is 5. The summed E-state index contributed by atoms with van der Waals surface area (Å²) in [7, 11) is 3.20. The highest BCUT2D eigenvalue weighted by atomic mass is 16.5. The Kier molecular flexibility index (Phi) is 5.88. The Morgan fingerprint density at radius 2 is 1.77 bits per heavy atom. The maximum Gasteiger partial charge on any atom is 0.274 e. The smallest absolute Gasteiger partial charge is 0.274 e. The van der Waals surface area contributed by atoms with Gasteiger partial charge in [-0.1, -0.05) is 12.8 Å². The zero-order valence-electron chi connectivity index (χ0n) is 15.2. The number of likely N-dealkylation sites (tertiary alicyclic amines) is 1. The molecule has 3 rings (SSSR count). The van der Waals surface area contributed by atoms with E-state index in [2.05, 4.69) is 15.5 Å². The van der Waals surface area contributed by atoms with Crippen LogP contribution in [0.1, 0.15) is 36.2 Å². The van der Waals surface area contributed by atoms with Crippen molar-refractivity contribution in [2.75, 3.05) is 32.6 Å². The minimum Gasteiger partial charge on any atom is -0.497 e. The van der Waals surface area contributed by atoms with Crippen LogP contribution in [0.5, 0.6) is 11.5 Å². The van der Waals surface area contributed by atoms with Gasteiger partial charge >= 0.3 is 0 Å². The minimum absolute atomic E-state index is 0.0510. The molecule has 0 atom stereocenters. The van der Waals surface area contributed by atoms with Gasteiger partial charge in [-0.25, -0.2) is 0 Å². The van der Waals surface area contributed by atoms with Crippen LogP contribution in [0.4, 0.5) is 11.5 Å². The number of ether oxygens (including phenoxy) is 2. The van der Waals surface area contributed by atoms with Gasteiger partial charge in [0.05, 0.1) is 19.9 Å². The van der Waals surface area contributed by atoms with Gasteiger partial charge in [0, 0.05) is 19.2 Å². The molecule has 1 saturated heterocycles. The maximum absolute atomic E-state index is 12.6. The molecular formula is C19H24N4O3. The van der Waals surface area contributed by atoms with E-state index in [9.17, 15) is 4.79 Å². The number of aromatic nitrogens is 2. The van der Waals surface area contributed by atoms with Crippen LogP contribution in [-0.4, -0.2) is 48.3 Å². The van der Waals surface area contributed by atoms with Crippen molar-refractivity contribution < 1.29 is 14.3 Å². The lowest BCUT2D eigenvalue weighted by Crippen LogP contribution is -2.32. The van der Waals surface area contributed by atoms with E-state index in [1.807, 2.05) is 23.1 Å². The third kappa shape index (κ3) is 4.22. The molecule has 0 radical (unpaired) electrons. The van der Waals surface area contributed by atoms with Crippen LogP contribution < -0.4 is 14.8 Å². The number of benzene rings is 1. The lowest BCUT2D eigenvalue weighted by atomic mass is 10.2. The quantitative estimate of drug-likeness (QED) is 0.886. The van der Waals surface area contributed by atoms with Crippen molar-refractivity contribution >= 4 is 17.4 Å². The molecule has 1 fully saturated rings. The molecule has 7 heteroatoms. The predicted molar refractivity (Wildman–Crippen MR) is 99.2 cm³/mol. The van der Waals surface area contributed by atoms with Crippen LogP contribution in [0.3, 0.4) is 0 Å². The minimum atomic E-state index is -0.0510. The number of methoxy groups -OCH3 is 2. The van der Waals surface area contributed by atoms with Gasteiger partial charge in [-0.05, 0) is 37.1 Å². The Morgan fingerprint density at radius 1 is 1.00 bits per heavy atom. The number of anilines is 2. The van der Waals surface area contributed by atoms with Crippen LogP contribution >= 0.6 is 0 Å². The lowest BCUT2D eigenvalue weighted by molar-refractivity contribution is 0.0754. The van der Waals surface area contributed by atoms with Gasteiger partial charge in [-0.15, -0.1) is 10.2 Å². The van der Waals surface area contributed by atoms with Crippen LogP contribution in [0, 0.1) is 0 Å². The Balaban J connectivity index is 1.72. The van der Waals surface area contributed by atoms with Crippen molar-refractivity contribution in [1.82, 2.24) is 15.1 Å². The Morgan fingerprint density at radius 3 is 2.38 bits per heavy atom. The first-order valence-electron chi connectivity index (χ1n) is 8.83. The average Bonchev–Trinajstić information content (AvgIpc) is 2.97. The van der Waals surface area contributed by atoms with E-state index in [1.165, 1.54) is 12.8 Å². The Labute approximate surface area is 153 Å². The SMILES string of the molecule is COc1ccc(OC)c(Nc2ccc(C(=O)N3CCCCCC3)nn2)c1. The van der Waals surface area contributed by atoms with E-state index in [1.54, 1.807) is 26.4 Å². The van der Waals surface area contributed by atoms with Crippen LogP contribution in [-0.2, 0) is 0 Å². The second-order valence-corrected chi connectivity index (χ2v) is 6.20. The highest BCUT2D eigenvalue weighted by Crippen LogP contribution is 2.30. The van der Waals surface area contributed by atoms with Crippen molar-refractivity contribution in [2.45, 2.75) is 25.7 Å². The largest absolute Gasteiger partial charge is 0.497 e. The van der Waals surface area contributed by atoms with Crippen molar-refractivity contribution in [3.05, 3.63) is 36.0 Å². The van der Waals surface area contributed by atoms with Crippen molar-refractivity contribution in [1.29, 1.82) is 0 Å². The van der Waals surface area contributed by atoms with E-state index >= 15 is 0 Å². The molecule has 1 aromatic carbocycles. The summed E-state index contributed by atoms with van der Waals surface area (Å²) < 4.78 is 10.6. The topological polar surface area (TPSA) is 76.6 Å². The highest BCUT2D eigenvalue weighted by Gasteiger charge is 2.19. The summed E-state index contributed by atoms with van der Waals surface area (Å²) in [4.78, 5) is 14.4. The summed E-state index contributed by atoms with van der Waals surface area (Å²) in [6.45, 7) is 1.59. The zero-order valence-corrected chi connectivity index (χ0v) is 15.2. The molecule has 1 aromatic heterocycles. The summed E-state index contributed by atoms with van der Waals surface area (Å²) in [6.07, 6.45) is 4.46. The third-order valence-corrected chi connectivity index (χ3v) is 4.45. The molecule has 0 aliphatic carbocycles. The summed E-state index contributed by atoms with van der Waals surface area (Å²) in [5, 5.41) is 11.4. The summed E-state index contributed by atoms with van der Waals surface area (Å²) in [5.74, 6) is 1.85. The van der Waals surface area contributed by atoms with Gasteiger partial charge in [0.1, 0.15) is 11.5 Å². The van der Waals surface area contributed by atoms with E-state index in [4.69, 9.17) is 9.47 Å². The first-order valence-corrected chi connectivity index (χ1v) is 8.83. The van der Waals surface area contributed by atoms with Gasteiger partial charge in [0.2, 0.25) is 0 Å². The second-order valence-electron chi connectivity index (χ2n) is 6.20. The average molecular weight is 356 g/mol. The number of carbonyl (C=O) groups is 1. The fraction of sp³-hybridized carbons (Fsp3) is 0.421. The van der Waals surface area contributed by atoms with E-state index in [0.717, 1.165) is 25.9 Å². The van der Waals surface area contributed by atoms with Crippen molar-refractivity contribution in [3.63, 3.8) is 0 Å². The number of hydrogen-bond donors (Lipinski definition) is 1. The molecule has 0 bridgehead atoms. The van der Waals surface area contributed by atoms with Crippen LogP contribution in [0.2, 0.25) is 0 Å². The molecule has 138 valence electrons. The molecule has 1 aliphatic rings. The summed E-state index contributed by atoms with van der Waals surface area (Å²) >= 11 is 0. The van der Waals surface area contributed by atoms with Gasteiger partial charge in [-0.2, -0.15) is 0 Å². The van der Waals surface area contributed by atoms with Crippen LogP contribution in [0.15, 0.2) is 30.3 Å². The molecular weight excluding hydrogens is 332 g/mol. The van der Waals surface area contributed by atoms with E-state index < -0.39 is 0 Å². The molecule has 1 N–H and O–H groups in total. The molecule has 2 heterocycles. The number of hydrogen-bond acceptors (Lipinski definition) is 6. The standard InChI is InChI=1S/C19H24N4O3/c1-25-14-7-9-17(26-2)16(13-14)20-18-10-8-15(21-22-18)19(24)23-11-5-3-4-6-12-23/h7-10,13H,3-6,11-12H2,1-2H3,(H,20,22). The normalized spacial score (nSPS) is 14.5.